The van der Waals surface area contributed by atoms with E-state index in [0.717, 1.165) is 0 Å². The van der Waals surface area contributed by atoms with Gasteiger partial charge in [-0.1, -0.05) is 12.1 Å². The molecule has 0 aliphatic heterocycles. The minimum atomic E-state index is -1.36. The molecule has 4 aromatic heterocycles. The normalized spacial score (nSPS) is 11.6. The van der Waals surface area contributed by atoms with Crippen LogP contribution in [0.25, 0.3) is 44.0 Å². The molecular formula is C25H15FN4O5. The van der Waals surface area contributed by atoms with E-state index in [1.807, 2.05) is 0 Å². The smallest absolute Gasteiger partial charge is 0.353 e. The number of furan rings is 1. The van der Waals surface area contributed by atoms with Crippen molar-refractivity contribution in [3.8, 4) is 11.1 Å². The number of para-hydroxylation sites is 2. The number of carboxylic acid groups (broad SMARTS) is 1. The van der Waals surface area contributed by atoms with Crippen LogP contribution in [0.1, 0.15) is 16.2 Å². The van der Waals surface area contributed by atoms with Crippen molar-refractivity contribution in [2.75, 3.05) is 0 Å². The standard InChI is InChI=1S/C25H15FN4O5/c26-14-10-18-20(22-12(14)7-9-35-22)19(13-4-3-8-27-23(13)31)21(25(33)34)30(18)11-17-24(32)29-16-6-2-1-5-15(16)28-17/h1-10H,11H2,(H,27,31)(H,29,32)(H,33,34). The lowest BCUT2D eigenvalue weighted by atomic mass is 10.0. The zero-order valence-electron chi connectivity index (χ0n) is 17.8. The third kappa shape index (κ3) is 3.07. The lowest BCUT2D eigenvalue weighted by Gasteiger charge is -2.09. The van der Waals surface area contributed by atoms with Crippen LogP contribution < -0.4 is 11.1 Å². The first-order chi connectivity index (χ1) is 16.9. The number of nitrogens with zero attached hydrogens (tertiary/aromatic N) is 2. The first-order valence-electron chi connectivity index (χ1n) is 10.5. The Morgan fingerprint density at radius 1 is 1.11 bits per heavy atom. The lowest BCUT2D eigenvalue weighted by Crippen LogP contribution is -2.20. The number of H-pyrrole nitrogens is 2. The van der Waals surface area contributed by atoms with Crippen LogP contribution in [0.2, 0.25) is 0 Å². The van der Waals surface area contributed by atoms with Crippen LogP contribution >= 0.6 is 0 Å². The second-order valence-corrected chi connectivity index (χ2v) is 7.97. The fraction of sp³-hybridized carbons (Fsp3) is 0.0400. The highest BCUT2D eigenvalue weighted by molar-refractivity contribution is 6.17. The van der Waals surface area contributed by atoms with Crippen molar-refractivity contribution < 1.29 is 18.7 Å². The van der Waals surface area contributed by atoms with Crippen LogP contribution in [0.5, 0.6) is 0 Å². The van der Waals surface area contributed by atoms with E-state index in [2.05, 4.69) is 15.0 Å². The van der Waals surface area contributed by atoms with Gasteiger partial charge in [-0.25, -0.2) is 14.2 Å². The van der Waals surface area contributed by atoms with Gasteiger partial charge in [0.25, 0.3) is 11.1 Å². The molecule has 0 saturated carbocycles. The predicted octanol–water partition coefficient (Wildman–Crippen LogP) is 3.86. The summed E-state index contributed by atoms with van der Waals surface area (Å²) in [6, 6.07) is 12.6. The second-order valence-electron chi connectivity index (χ2n) is 7.97. The molecule has 3 N–H and O–H groups in total. The minimum Gasteiger partial charge on any atom is -0.477 e. The Hall–Kier alpha value is -4.99. The molecule has 0 aliphatic carbocycles. The number of pyridine rings is 1. The van der Waals surface area contributed by atoms with Gasteiger partial charge < -0.3 is 24.1 Å². The summed E-state index contributed by atoms with van der Waals surface area (Å²) in [5, 5.41) is 10.6. The molecule has 9 nitrogen and oxygen atoms in total. The summed E-state index contributed by atoms with van der Waals surface area (Å²) in [7, 11) is 0. The van der Waals surface area contributed by atoms with Gasteiger partial charge in [-0.2, -0.15) is 0 Å². The van der Waals surface area contributed by atoms with Crippen LogP contribution in [0.4, 0.5) is 4.39 Å². The number of nitrogens with one attached hydrogen (secondary N) is 2. The Labute approximate surface area is 194 Å². The largest absolute Gasteiger partial charge is 0.477 e. The quantitative estimate of drug-likeness (QED) is 0.358. The van der Waals surface area contributed by atoms with E-state index in [-0.39, 0.29) is 50.9 Å². The average molecular weight is 470 g/mol. The van der Waals surface area contributed by atoms with E-state index >= 15 is 4.39 Å². The highest BCUT2D eigenvalue weighted by Gasteiger charge is 2.29. The predicted molar refractivity (Wildman–Crippen MR) is 126 cm³/mol. The number of halogens is 1. The maximum absolute atomic E-state index is 15.0. The summed E-state index contributed by atoms with van der Waals surface area (Å²) in [4.78, 5) is 47.8. The van der Waals surface area contributed by atoms with Gasteiger partial charge in [0.15, 0.2) is 0 Å². The number of rotatable bonds is 4. The third-order valence-corrected chi connectivity index (χ3v) is 5.98. The van der Waals surface area contributed by atoms with E-state index in [0.29, 0.717) is 11.0 Å². The van der Waals surface area contributed by atoms with Gasteiger partial charge in [-0.15, -0.1) is 0 Å². The minimum absolute atomic E-state index is 0.0246. The Morgan fingerprint density at radius 2 is 1.94 bits per heavy atom. The third-order valence-electron chi connectivity index (χ3n) is 5.98. The number of aromatic nitrogens is 4. The fourth-order valence-electron chi connectivity index (χ4n) is 4.50. The van der Waals surface area contributed by atoms with E-state index in [1.54, 1.807) is 30.3 Å². The molecule has 0 fully saturated rings. The van der Waals surface area contributed by atoms with E-state index in [1.165, 1.54) is 35.2 Å². The molecule has 0 spiro atoms. The van der Waals surface area contributed by atoms with Gasteiger partial charge in [-0.05, 0) is 36.4 Å². The molecule has 0 amide bonds. The van der Waals surface area contributed by atoms with Crippen molar-refractivity contribution >= 4 is 38.9 Å². The molecule has 0 aliphatic rings. The van der Waals surface area contributed by atoms with Gasteiger partial charge in [0.2, 0.25) is 0 Å². The molecule has 2 aromatic carbocycles. The number of carboxylic acids is 1. The van der Waals surface area contributed by atoms with Crippen LogP contribution in [-0.4, -0.2) is 30.6 Å². The molecule has 35 heavy (non-hydrogen) atoms. The van der Waals surface area contributed by atoms with Crippen LogP contribution in [0.3, 0.4) is 0 Å². The maximum Gasteiger partial charge on any atom is 0.353 e. The Bertz CT molecular complexity index is 1930. The monoisotopic (exact) mass is 470 g/mol. The molecular weight excluding hydrogens is 455 g/mol. The number of aromatic carboxylic acids is 1. The number of aromatic amines is 2. The zero-order chi connectivity index (χ0) is 24.3. The van der Waals surface area contributed by atoms with Gasteiger partial charge >= 0.3 is 5.97 Å². The van der Waals surface area contributed by atoms with Crippen molar-refractivity contribution in [1.29, 1.82) is 0 Å². The van der Waals surface area contributed by atoms with E-state index in [4.69, 9.17) is 4.42 Å². The summed E-state index contributed by atoms with van der Waals surface area (Å²) in [5.41, 5.74) is 0.0950. The van der Waals surface area contributed by atoms with Crippen molar-refractivity contribution in [3.05, 3.63) is 98.9 Å². The number of carbonyl (C=O) groups is 1. The molecule has 0 unspecified atom stereocenters. The van der Waals surface area contributed by atoms with Gasteiger partial charge in [0.1, 0.15) is 22.8 Å². The fourth-order valence-corrected chi connectivity index (χ4v) is 4.50. The van der Waals surface area contributed by atoms with Crippen LogP contribution in [0, 0.1) is 5.82 Å². The molecule has 6 aromatic rings. The maximum atomic E-state index is 15.0. The summed E-state index contributed by atoms with van der Waals surface area (Å²) in [6.07, 6.45) is 2.71. The lowest BCUT2D eigenvalue weighted by molar-refractivity contribution is 0.0687. The van der Waals surface area contributed by atoms with Gasteiger partial charge in [0.05, 0.1) is 45.7 Å². The number of benzene rings is 2. The molecule has 10 heteroatoms. The molecule has 6 rings (SSSR count). The molecule has 0 bridgehead atoms. The van der Waals surface area contributed by atoms with Crippen LogP contribution in [0.15, 0.2) is 75.0 Å². The molecule has 172 valence electrons. The van der Waals surface area contributed by atoms with Gasteiger partial charge in [-0.3, -0.25) is 9.59 Å². The van der Waals surface area contributed by atoms with Crippen molar-refractivity contribution in [3.63, 3.8) is 0 Å². The first-order valence-corrected chi connectivity index (χ1v) is 10.5. The number of hydrogen-bond donors (Lipinski definition) is 3. The van der Waals surface area contributed by atoms with E-state index in [9.17, 15) is 19.5 Å². The van der Waals surface area contributed by atoms with Crippen LogP contribution in [-0.2, 0) is 6.54 Å². The summed E-state index contributed by atoms with van der Waals surface area (Å²) in [5.74, 6) is -2.00. The van der Waals surface area contributed by atoms with Crippen molar-refractivity contribution in [1.82, 2.24) is 19.5 Å². The summed E-state index contributed by atoms with van der Waals surface area (Å²) < 4.78 is 21.8. The molecule has 0 radical (unpaired) electrons. The average Bonchev–Trinajstić information content (AvgIpc) is 3.44. The summed E-state index contributed by atoms with van der Waals surface area (Å²) in [6.45, 7) is -0.283. The van der Waals surface area contributed by atoms with Gasteiger partial charge in [0, 0.05) is 11.8 Å². The Kier molecular flexibility index (Phi) is 4.43. The first kappa shape index (κ1) is 20.6. The van der Waals surface area contributed by atoms with E-state index < -0.39 is 22.9 Å². The van der Waals surface area contributed by atoms with Crippen molar-refractivity contribution in [2.45, 2.75) is 6.54 Å². The summed E-state index contributed by atoms with van der Waals surface area (Å²) >= 11 is 0. The molecule has 4 heterocycles. The molecule has 0 atom stereocenters. The Balaban J connectivity index is 1.74. The Morgan fingerprint density at radius 3 is 2.74 bits per heavy atom. The number of hydrogen-bond acceptors (Lipinski definition) is 5. The van der Waals surface area contributed by atoms with Crippen molar-refractivity contribution in [2.24, 2.45) is 0 Å². The zero-order valence-corrected chi connectivity index (χ0v) is 17.8. The topological polar surface area (TPSA) is 134 Å². The second kappa shape index (κ2) is 7.52. The number of fused-ring (bicyclic) bond motifs is 4. The SMILES string of the molecule is O=C(O)c1c(-c2ccc[nH]c2=O)c2c3occc3c(F)cc2n1Cc1nc2ccccc2[nH]c1=O. The highest BCUT2D eigenvalue weighted by atomic mass is 19.1. The highest BCUT2D eigenvalue weighted by Crippen LogP contribution is 2.40. The molecule has 0 saturated heterocycles.